The van der Waals surface area contributed by atoms with E-state index in [4.69, 9.17) is 0 Å². The van der Waals surface area contributed by atoms with Crippen molar-refractivity contribution in [2.45, 2.75) is 28.9 Å². The monoisotopic (exact) mass is 383 g/mol. The second-order valence-corrected chi connectivity index (χ2v) is 8.34. The normalized spacial score (nSPS) is 12.1. The Labute approximate surface area is 162 Å². The van der Waals surface area contributed by atoms with E-state index in [1.54, 1.807) is 5.51 Å². The lowest BCUT2D eigenvalue weighted by Crippen LogP contribution is -2.32. The van der Waals surface area contributed by atoms with Crippen LogP contribution in [-0.2, 0) is 4.79 Å². The highest BCUT2D eigenvalue weighted by Gasteiger charge is 2.18. The van der Waals surface area contributed by atoms with Crippen LogP contribution in [0.15, 0.2) is 70.5 Å². The zero-order valence-electron chi connectivity index (χ0n) is 14.5. The first kappa shape index (κ1) is 18.6. The molecule has 0 saturated carbocycles. The van der Waals surface area contributed by atoms with Gasteiger partial charge in [0.05, 0.1) is 5.25 Å². The average Bonchev–Trinajstić information content (AvgIpc) is 3.19. The molecule has 1 aromatic heterocycles. The van der Waals surface area contributed by atoms with Crippen LogP contribution in [0, 0.1) is 0 Å². The number of nitrogens with one attached hydrogen (secondary N) is 1. The summed E-state index contributed by atoms with van der Waals surface area (Å²) in [6, 6.07) is 20.9. The lowest BCUT2D eigenvalue weighted by atomic mass is 9.88. The van der Waals surface area contributed by atoms with Crippen molar-refractivity contribution < 1.29 is 4.79 Å². The molecule has 134 valence electrons. The molecule has 1 heterocycles. The van der Waals surface area contributed by atoms with Crippen LogP contribution >= 0.6 is 23.1 Å². The number of hydrogen-bond donors (Lipinski definition) is 1. The van der Waals surface area contributed by atoms with Crippen molar-refractivity contribution in [2.75, 3.05) is 6.54 Å². The van der Waals surface area contributed by atoms with E-state index in [1.165, 1.54) is 34.2 Å². The summed E-state index contributed by atoms with van der Waals surface area (Å²) in [5.74, 6) is 0.300. The Kier molecular flexibility index (Phi) is 6.80. The second-order valence-electron chi connectivity index (χ2n) is 5.92. The first-order valence-corrected chi connectivity index (χ1v) is 10.3. The Bertz CT molecular complexity index is 755. The van der Waals surface area contributed by atoms with Crippen LogP contribution in [-0.4, -0.2) is 27.9 Å². The highest BCUT2D eigenvalue weighted by atomic mass is 32.2. The molecular formula is C20H21N3OS2. The molecule has 3 aromatic rings. The molecule has 1 N–H and O–H groups in total. The van der Waals surface area contributed by atoms with Gasteiger partial charge in [-0.25, -0.2) is 0 Å². The van der Waals surface area contributed by atoms with Gasteiger partial charge in [0.25, 0.3) is 0 Å². The van der Waals surface area contributed by atoms with Crippen LogP contribution in [0.5, 0.6) is 0 Å². The molecule has 0 fully saturated rings. The van der Waals surface area contributed by atoms with Crippen LogP contribution in [0.3, 0.4) is 0 Å². The molecule has 0 radical (unpaired) electrons. The van der Waals surface area contributed by atoms with E-state index in [0.29, 0.717) is 6.54 Å². The fourth-order valence-corrected chi connectivity index (χ4v) is 4.45. The minimum Gasteiger partial charge on any atom is -0.355 e. The number of rotatable bonds is 8. The number of benzene rings is 2. The predicted octanol–water partition coefficient (Wildman–Crippen LogP) is 4.36. The van der Waals surface area contributed by atoms with Gasteiger partial charge in [0, 0.05) is 12.5 Å². The van der Waals surface area contributed by atoms with Gasteiger partial charge in [0.15, 0.2) is 4.34 Å². The maximum absolute atomic E-state index is 12.3. The van der Waals surface area contributed by atoms with E-state index in [9.17, 15) is 4.79 Å². The Hall–Kier alpha value is -2.18. The average molecular weight is 384 g/mol. The van der Waals surface area contributed by atoms with Crippen LogP contribution < -0.4 is 5.32 Å². The lowest BCUT2D eigenvalue weighted by molar-refractivity contribution is -0.120. The zero-order chi connectivity index (χ0) is 18.2. The molecule has 0 unspecified atom stereocenters. The van der Waals surface area contributed by atoms with Crippen molar-refractivity contribution in [1.82, 2.24) is 15.5 Å². The van der Waals surface area contributed by atoms with Crippen molar-refractivity contribution in [3.63, 3.8) is 0 Å². The summed E-state index contributed by atoms with van der Waals surface area (Å²) in [4.78, 5) is 12.3. The van der Waals surface area contributed by atoms with E-state index in [0.717, 1.165) is 10.8 Å². The SMILES string of the molecule is C[C@H](Sc1nncs1)C(=O)NCCC(c1ccccc1)c1ccccc1. The molecular weight excluding hydrogens is 362 g/mol. The van der Waals surface area contributed by atoms with Gasteiger partial charge in [-0.15, -0.1) is 10.2 Å². The summed E-state index contributed by atoms with van der Waals surface area (Å²) >= 11 is 2.90. The predicted molar refractivity (Wildman–Crippen MR) is 108 cm³/mol. The third-order valence-corrected chi connectivity index (χ3v) is 6.03. The van der Waals surface area contributed by atoms with Crippen molar-refractivity contribution in [2.24, 2.45) is 0 Å². The number of hydrogen-bond acceptors (Lipinski definition) is 5. The summed E-state index contributed by atoms with van der Waals surface area (Å²) in [6.07, 6.45) is 0.857. The van der Waals surface area contributed by atoms with Crippen LogP contribution in [0.2, 0.25) is 0 Å². The van der Waals surface area contributed by atoms with Crippen LogP contribution in [0.4, 0.5) is 0 Å². The van der Waals surface area contributed by atoms with Crippen LogP contribution in [0.1, 0.15) is 30.4 Å². The van der Waals surface area contributed by atoms with Crippen molar-refractivity contribution in [3.8, 4) is 0 Å². The Balaban J connectivity index is 1.59. The van der Waals surface area contributed by atoms with Gasteiger partial charge in [-0.1, -0.05) is 83.8 Å². The summed E-state index contributed by atoms with van der Waals surface area (Å²) in [5, 5.41) is 10.7. The molecule has 0 aliphatic heterocycles. The molecule has 4 nitrogen and oxygen atoms in total. The third-order valence-electron chi connectivity index (χ3n) is 4.12. The van der Waals surface area contributed by atoms with E-state index in [1.807, 2.05) is 19.1 Å². The van der Waals surface area contributed by atoms with E-state index in [-0.39, 0.29) is 17.1 Å². The number of aromatic nitrogens is 2. The Morgan fingerprint density at radius 2 is 1.69 bits per heavy atom. The van der Waals surface area contributed by atoms with Gasteiger partial charge in [0.1, 0.15) is 5.51 Å². The largest absolute Gasteiger partial charge is 0.355 e. The van der Waals surface area contributed by atoms with Crippen molar-refractivity contribution >= 4 is 29.0 Å². The van der Waals surface area contributed by atoms with Gasteiger partial charge < -0.3 is 5.32 Å². The second kappa shape index (κ2) is 9.50. The minimum atomic E-state index is -0.185. The van der Waals surface area contributed by atoms with Crippen molar-refractivity contribution in [1.29, 1.82) is 0 Å². The van der Waals surface area contributed by atoms with E-state index < -0.39 is 0 Å². The molecule has 0 aliphatic carbocycles. The van der Waals surface area contributed by atoms with E-state index >= 15 is 0 Å². The zero-order valence-corrected chi connectivity index (χ0v) is 16.2. The molecule has 1 amide bonds. The summed E-state index contributed by atoms with van der Waals surface area (Å²) in [7, 11) is 0. The van der Waals surface area contributed by atoms with Gasteiger partial charge in [-0.2, -0.15) is 0 Å². The fourth-order valence-electron chi connectivity index (χ4n) is 2.80. The smallest absolute Gasteiger partial charge is 0.233 e. The maximum Gasteiger partial charge on any atom is 0.233 e. The summed E-state index contributed by atoms with van der Waals surface area (Å²) < 4.78 is 0.819. The summed E-state index contributed by atoms with van der Waals surface area (Å²) in [5.41, 5.74) is 4.21. The molecule has 2 aromatic carbocycles. The molecule has 0 bridgehead atoms. The number of thioether (sulfide) groups is 1. The quantitative estimate of drug-likeness (QED) is 0.587. The maximum atomic E-state index is 12.3. The number of carbonyl (C=O) groups is 1. The number of carbonyl (C=O) groups excluding carboxylic acids is 1. The van der Waals surface area contributed by atoms with Gasteiger partial charge >= 0.3 is 0 Å². The third kappa shape index (κ3) is 5.16. The van der Waals surface area contributed by atoms with Crippen molar-refractivity contribution in [3.05, 3.63) is 77.3 Å². The van der Waals surface area contributed by atoms with Gasteiger partial charge in [-0.3, -0.25) is 4.79 Å². The standard InChI is InChI=1S/C20H21N3OS2/c1-15(26-20-23-22-14-25-20)19(24)21-13-12-18(16-8-4-2-5-9-16)17-10-6-3-7-11-17/h2-11,14-15,18H,12-13H2,1H3,(H,21,24)/t15-/m0/s1. The molecule has 0 aliphatic rings. The lowest BCUT2D eigenvalue weighted by Gasteiger charge is -2.19. The highest BCUT2D eigenvalue weighted by molar-refractivity contribution is 8.02. The fraction of sp³-hybridized carbons (Fsp3) is 0.250. The first-order valence-electron chi connectivity index (χ1n) is 8.54. The number of nitrogens with zero attached hydrogens (tertiary/aromatic N) is 2. The number of amides is 1. The Morgan fingerprint density at radius 3 is 2.23 bits per heavy atom. The highest BCUT2D eigenvalue weighted by Crippen LogP contribution is 2.28. The molecule has 0 spiro atoms. The van der Waals surface area contributed by atoms with E-state index in [2.05, 4.69) is 64.0 Å². The van der Waals surface area contributed by atoms with Crippen LogP contribution in [0.25, 0.3) is 0 Å². The molecule has 0 saturated heterocycles. The minimum absolute atomic E-state index is 0.0325. The van der Waals surface area contributed by atoms with Gasteiger partial charge in [-0.05, 0) is 24.5 Å². The summed E-state index contributed by atoms with van der Waals surface area (Å²) in [6.45, 7) is 2.53. The molecule has 3 rings (SSSR count). The molecule has 6 heteroatoms. The topological polar surface area (TPSA) is 54.9 Å². The first-order chi connectivity index (χ1) is 12.7. The molecule has 26 heavy (non-hydrogen) atoms. The van der Waals surface area contributed by atoms with Gasteiger partial charge in [0.2, 0.25) is 5.91 Å². The molecule has 1 atom stereocenters. The Morgan fingerprint density at radius 1 is 1.08 bits per heavy atom.